The van der Waals surface area contributed by atoms with Crippen molar-refractivity contribution in [1.82, 2.24) is 5.06 Å². The van der Waals surface area contributed by atoms with Crippen LogP contribution in [0.4, 0.5) is 0 Å². The molecule has 24 heavy (non-hydrogen) atoms. The molecule has 2 fully saturated rings. The van der Waals surface area contributed by atoms with Gasteiger partial charge in [-0.3, -0.25) is 4.84 Å². The smallest absolute Gasteiger partial charge is 0.0888 e. The fourth-order valence-corrected chi connectivity index (χ4v) is 5.41. The fourth-order valence-electron chi connectivity index (χ4n) is 5.41. The molecule has 1 heterocycles. The lowest BCUT2D eigenvalue weighted by molar-refractivity contribution is -0.215. The van der Waals surface area contributed by atoms with Crippen LogP contribution in [-0.4, -0.2) is 22.7 Å². The zero-order valence-electron chi connectivity index (χ0n) is 16.8. The molecule has 4 atom stereocenters. The van der Waals surface area contributed by atoms with Gasteiger partial charge in [0.15, 0.2) is 0 Å². The summed E-state index contributed by atoms with van der Waals surface area (Å²) >= 11 is 0. The molecule has 1 aliphatic carbocycles. The van der Waals surface area contributed by atoms with Crippen LogP contribution in [0.15, 0.2) is 18.2 Å². The normalized spacial score (nSPS) is 36.1. The van der Waals surface area contributed by atoms with Crippen LogP contribution in [0.3, 0.4) is 0 Å². The van der Waals surface area contributed by atoms with Crippen LogP contribution in [0.2, 0.25) is 0 Å². The van der Waals surface area contributed by atoms with E-state index in [0.717, 1.165) is 0 Å². The van der Waals surface area contributed by atoms with Crippen molar-refractivity contribution in [2.45, 2.75) is 91.3 Å². The Balaban J connectivity index is 1.98. The van der Waals surface area contributed by atoms with Gasteiger partial charge in [-0.25, -0.2) is 0 Å². The molecule has 0 aromatic heterocycles. The SMILES string of the molecule is Cc1cc(C)cc([C@@]2(C)C[C@@H]3[C@@H]([C@@H](C)C2)N(C(C)C)OC3(C)C)c1. The summed E-state index contributed by atoms with van der Waals surface area (Å²) in [5.74, 6) is 1.22. The minimum Gasteiger partial charge on any atom is -0.292 e. The van der Waals surface area contributed by atoms with Crippen molar-refractivity contribution in [2.75, 3.05) is 0 Å². The summed E-state index contributed by atoms with van der Waals surface area (Å²) in [6, 6.07) is 8.07. The minimum absolute atomic E-state index is 0.0796. The second-order valence-corrected chi connectivity index (χ2v) is 9.57. The van der Waals surface area contributed by atoms with Crippen molar-refractivity contribution >= 4 is 0 Å². The first-order valence-electron chi connectivity index (χ1n) is 9.60. The summed E-state index contributed by atoms with van der Waals surface area (Å²) < 4.78 is 0. The van der Waals surface area contributed by atoms with E-state index in [-0.39, 0.29) is 11.0 Å². The molecule has 0 bridgehead atoms. The number of benzene rings is 1. The molecule has 1 aliphatic heterocycles. The summed E-state index contributed by atoms with van der Waals surface area (Å²) in [7, 11) is 0. The van der Waals surface area contributed by atoms with Crippen molar-refractivity contribution in [2.24, 2.45) is 11.8 Å². The quantitative estimate of drug-likeness (QED) is 0.719. The molecular weight excluding hydrogens is 294 g/mol. The Morgan fingerprint density at radius 2 is 1.62 bits per heavy atom. The standard InChI is InChI=1S/C22H35NO/c1-14(2)23-20-17(5)12-22(8,13-19(20)21(6,7)24-23)18-10-15(3)9-16(4)11-18/h9-11,14,17,19-20H,12-13H2,1-8H3/t17-,19+,20+,22+/m0/s1. The lowest BCUT2D eigenvalue weighted by atomic mass is 9.59. The molecule has 0 N–H and O–H groups in total. The average molecular weight is 330 g/mol. The summed E-state index contributed by atoms with van der Waals surface area (Å²) in [5.41, 5.74) is 4.44. The number of fused-ring (bicyclic) bond motifs is 1. The maximum Gasteiger partial charge on any atom is 0.0888 e. The molecule has 2 nitrogen and oxygen atoms in total. The molecule has 134 valence electrons. The maximum absolute atomic E-state index is 6.44. The number of hydroxylamine groups is 2. The molecule has 1 aromatic rings. The molecule has 1 saturated carbocycles. The van der Waals surface area contributed by atoms with Gasteiger partial charge in [0, 0.05) is 18.0 Å². The highest BCUT2D eigenvalue weighted by molar-refractivity contribution is 5.35. The van der Waals surface area contributed by atoms with E-state index in [1.165, 1.54) is 29.5 Å². The van der Waals surface area contributed by atoms with Gasteiger partial charge in [0.1, 0.15) is 0 Å². The van der Waals surface area contributed by atoms with Gasteiger partial charge >= 0.3 is 0 Å². The van der Waals surface area contributed by atoms with Gasteiger partial charge in [-0.05, 0) is 71.3 Å². The van der Waals surface area contributed by atoms with Crippen molar-refractivity contribution < 1.29 is 4.84 Å². The van der Waals surface area contributed by atoms with E-state index in [1.807, 2.05) is 0 Å². The highest BCUT2D eigenvalue weighted by Gasteiger charge is 2.56. The Bertz CT molecular complexity index is 600. The maximum atomic E-state index is 6.44. The zero-order chi connectivity index (χ0) is 17.9. The molecule has 1 aromatic carbocycles. The van der Waals surface area contributed by atoms with E-state index in [4.69, 9.17) is 4.84 Å². The van der Waals surface area contributed by atoms with E-state index in [9.17, 15) is 0 Å². The Morgan fingerprint density at radius 3 is 2.17 bits per heavy atom. The first-order valence-corrected chi connectivity index (χ1v) is 9.60. The molecule has 2 aliphatic rings. The molecular formula is C22H35NO. The predicted molar refractivity (Wildman–Crippen MR) is 101 cm³/mol. The highest BCUT2D eigenvalue weighted by atomic mass is 16.7. The predicted octanol–water partition coefficient (Wildman–Crippen LogP) is 5.41. The lowest BCUT2D eigenvalue weighted by Crippen LogP contribution is -2.50. The van der Waals surface area contributed by atoms with Crippen LogP contribution in [0.1, 0.15) is 71.1 Å². The van der Waals surface area contributed by atoms with E-state index in [2.05, 4.69) is 78.7 Å². The third-order valence-corrected chi connectivity index (χ3v) is 6.39. The zero-order valence-corrected chi connectivity index (χ0v) is 16.8. The van der Waals surface area contributed by atoms with E-state index in [0.29, 0.717) is 23.9 Å². The molecule has 0 radical (unpaired) electrons. The number of hydrogen-bond donors (Lipinski definition) is 0. The van der Waals surface area contributed by atoms with Crippen LogP contribution in [0.5, 0.6) is 0 Å². The Morgan fingerprint density at radius 1 is 1.04 bits per heavy atom. The molecule has 0 amide bonds. The molecule has 0 unspecified atom stereocenters. The van der Waals surface area contributed by atoms with Gasteiger partial charge in [0.25, 0.3) is 0 Å². The first kappa shape index (κ1) is 17.9. The van der Waals surface area contributed by atoms with Gasteiger partial charge in [-0.15, -0.1) is 0 Å². The van der Waals surface area contributed by atoms with E-state index in [1.54, 1.807) is 0 Å². The Hall–Kier alpha value is -0.860. The average Bonchev–Trinajstić information content (AvgIpc) is 2.70. The van der Waals surface area contributed by atoms with Crippen molar-refractivity contribution in [1.29, 1.82) is 0 Å². The first-order chi connectivity index (χ1) is 11.0. The van der Waals surface area contributed by atoms with E-state index < -0.39 is 0 Å². The summed E-state index contributed by atoms with van der Waals surface area (Å²) in [6.07, 6.45) is 2.45. The van der Waals surface area contributed by atoms with Crippen LogP contribution in [0, 0.1) is 25.7 Å². The van der Waals surface area contributed by atoms with Gasteiger partial charge in [0.2, 0.25) is 0 Å². The number of rotatable bonds is 2. The third kappa shape index (κ3) is 2.93. The minimum atomic E-state index is -0.0796. The van der Waals surface area contributed by atoms with Gasteiger partial charge in [0.05, 0.1) is 5.60 Å². The lowest BCUT2D eigenvalue weighted by Gasteiger charge is -2.47. The third-order valence-electron chi connectivity index (χ3n) is 6.39. The molecule has 3 rings (SSSR count). The van der Waals surface area contributed by atoms with Gasteiger partial charge in [-0.1, -0.05) is 43.2 Å². The summed E-state index contributed by atoms with van der Waals surface area (Å²) in [5, 5.41) is 2.30. The second kappa shape index (κ2) is 5.85. The largest absolute Gasteiger partial charge is 0.292 e. The van der Waals surface area contributed by atoms with Crippen LogP contribution < -0.4 is 0 Å². The van der Waals surface area contributed by atoms with Crippen LogP contribution in [0.25, 0.3) is 0 Å². The van der Waals surface area contributed by atoms with Gasteiger partial charge in [-0.2, -0.15) is 5.06 Å². The van der Waals surface area contributed by atoms with Crippen molar-refractivity contribution in [3.8, 4) is 0 Å². The van der Waals surface area contributed by atoms with Crippen molar-refractivity contribution in [3.05, 3.63) is 34.9 Å². The Kier molecular flexibility index (Phi) is 4.37. The molecule has 0 spiro atoms. The molecule has 2 heteroatoms. The number of nitrogens with zero attached hydrogens (tertiary/aromatic N) is 1. The molecule has 1 saturated heterocycles. The van der Waals surface area contributed by atoms with Crippen LogP contribution in [-0.2, 0) is 10.3 Å². The monoisotopic (exact) mass is 329 g/mol. The van der Waals surface area contributed by atoms with Crippen molar-refractivity contribution in [3.63, 3.8) is 0 Å². The highest BCUT2D eigenvalue weighted by Crippen LogP contribution is 2.54. The van der Waals surface area contributed by atoms with E-state index >= 15 is 0 Å². The summed E-state index contributed by atoms with van der Waals surface area (Å²) in [4.78, 5) is 6.44. The number of aryl methyl sites for hydroxylation is 2. The van der Waals surface area contributed by atoms with Gasteiger partial charge < -0.3 is 0 Å². The number of hydrogen-bond acceptors (Lipinski definition) is 2. The second-order valence-electron chi connectivity index (χ2n) is 9.57. The summed E-state index contributed by atoms with van der Waals surface area (Å²) in [6.45, 7) is 18.4. The van der Waals surface area contributed by atoms with Crippen LogP contribution >= 0.6 is 0 Å². The fraction of sp³-hybridized carbons (Fsp3) is 0.727. The Labute approximate surface area is 148 Å². The topological polar surface area (TPSA) is 12.5 Å².